The number of nitrogens with one attached hydrogen (secondary N) is 1. The number of unbranched alkanes of at least 4 members (excludes halogenated alkanes) is 16. The highest BCUT2D eigenvalue weighted by atomic mass is 16.5. The Balaban J connectivity index is 4.35. The smallest absolute Gasteiger partial charge is 0.306 e. The van der Waals surface area contributed by atoms with Gasteiger partial charge >= 0.3 is 5.97 Å². The molecule has 0 aromatic heterocycles. The SMILES string of the molecule is CCCCCCCCCCCCC/C=C/C(O)C(COC(=O)CCC(C)=O)NC(=O)CCCCCCCC. The number of Topliss-reactive ketones (excluding diaryl/α,β-unsaturated/α-hetero) is 1. The second-order valence-electron chi connectivity index (χ2n) is 10.8. The van der Waals surface area contributed by atoms with Gasteiger partial charge in [-0.05, 0) is 26.2 Å². The Morgan fingerprint density at radius 1 is 0.711 bits per heavy atom. The second-order valence-corrected chi connectivity index (χ2v) is 10.8. The van der Waals surface area contributed by atoms with E-state index >= 15 is 0 Å². The summed E-state index contributed by atoms with van der Waals surface area (Å²) in [4.78, 5) is 35.5. The third-order valence-electron chi connectivity index (χ3n) is 6.93. The molecule has 2 N–H and O–H groups in total. The number of hydrogen-bond donors (Lipinski definition) is 2. The van der Waals surface area contributed by atoms with Gasteiger partial charge in [0.15, 0.2) is 0 Å². The number of ketones is 1. The number of allylic oxidation sites excluding steroid dienone is 1. The summed E-state index contributed by atoms with van der Waals surface area (Å²) in [6.07, 6.45) is 25.0. The molecular formula is C32H59NO5. The number of aliphatic hydroxyl groups is 1. The Kier molecular flexibility index (Phi) is 25.7. The first kappa shape index (κ1) is 36.3. The first-order valence-electron chi connectivity index (χ1n) is 15.7. The summed E-state index contributed by atoms with van der Waals surface area (Å²) >= 11 is 0. The minimum atomic E-state index is -0.934. The number of carbonyl (C=O) groups excluding carboxylic acids is 3. The molecule has 0 radical (unpaired) electrons. The van der Waals surface area contributed by atoms with Crippen molar-refractivity contribution in [1.82, 2.24) is 5.32 Å². The van der Waals surface area contributed by atoms with Gasteiger partial charge in [-0.3, -0.25) is 9.59 Å². The van der Waals surface area contributed by atoms with Crippen LogP contribution in [-0.4, -0.2) is 41.5 Å². The van der Waals surface area contributed by atoms with Crippen molar-refractivity contribution in [2.75, 3.05) is 6.61 Å². The zero-order valence-electron chi connectivity index (χ0n) is 24.9. The highest BCUT2D eigenvalue weighted by Crippen LogP contribution is 2.13. The Morgan fingerprint density at radius 3 is 1.74 bits per heavy atom. The molecule has 6 heteroatoms. The summed E-state index contributed by atoms with van der Waals surface area (Å²) in [5.74, 6) is -0.702. The minimum Gasteiger partial charge on any atom is -0.463 e. The molecule has 2 atom stereocenters. The molecule has 0 aromatic carbocycles. The van der Waals surface area contributed by atoms with Crippen LogP contribution in [-0.2, 0) is 19.1 Å². The molecule has 0 saturated carbocycles. The maximum atomic E-state index is 12.5. The van der Waals surface area contributed by atoms with Gasteiger partial charge in [0.2, 0.25) is 5.91 Å². The van der Waals surface area contributed by atoms with E-state index in [-0.39, 0.29) is 31.1 Å². The molecule has 1 amide bonds. The van der Waals surface area contributed by atoms with Crippen molar-refractivity contribution in [1.29, 1.82) is 0 Å². The highest BCUT2D eigenvalue weighted by Gasteiger charge is 2.21. The zero-order chi connectivity index (χ0) is 28.3. The van der Waals surface area contributed by atoms with Gasteiger partial charge in [-0.25, -0.2) is 0 Å². The standard InChI is InChI=1S/C32H59NO5/c1-4-6-8-10-12-13-14-15-16-17-18-19-21-23-30(35)29(27-38-32(37)26-25-28(3)34)33-31(36)24-22-20-11-9-7-5-2/h21,23,29-30,35H,4-20,22,24-27H2,1-3H3,(H,33,36)/b23-21+. The lowest BCUT2D eigenvalue weighted by Crippen LogP contribution is -2.46. The van der Waals surface area contributed by atoms with Crippen LogP contribution in [0.1, 0.15) is 156 Å². The topological polar surface area (TPSA) is 92.7 Å². The monoisotopic (exact) mass is 537 g/mol. The summed E-state index contributed by atoms with van der Waals surface area (Å²) in [6.45, 7) is 5.76. The first-order chi connectivity index (χ1) is 18.4. The van der Waals surface area contributed by atoms with E-state index in [1.165, 1.54) is 90.4 Å². The molecule has 0 bridgehead atoms. The molecule has 0 saturated heterocycles. The third kappa shape index (κ3) is 24.6. The third-order valence-corrected chi connectivity index (χ3v) is 6.93. The summed E-state index contributed by atoms with van der Waals surface area (Å²) in [5.41, 5.74) is 0. The van der Waals surface area contributed by atoms with Crippen molar-refractivity contribution in [3.63, 3.8) is 0 Å². The van der Waals surface area contributed by atoms with Crippen LogP contribution in [0.4, 0.5) is 0 Å². The average molecular weight is 538 g/mol. The van der Waals surface area contributed by atoms with E-state index in [1.807, 2.05) is 6.08 Å². The number of aliphatic hydroxyl groups excluding tert-OH is 1. The molecule has 0 aliphatic carbocycles. The molecule has 2 unspecified atom stereocenters. The molecule has 0 aliphatic heterocycles. The van der Waals surface area contributed by atoms with Crippen molar-refractivity contribution in [2.45, 2.75) is 168 Å². The first-order valence-corrected chi connectivity index (χ1v) is 15.7. The maximum absolute atomic E-state index is 12.5. The lowest BCUT2D eigenvalue weighted by atomic mass is 10.0. The van der Waals surface area contributed by atoms with Gasteiger partial charge in [0, 0.05) is 12.8 Å². The lowest BCUT2D eigenvalue weighted by molar-refractivity contribution is -0.146. The van der Waals surface area contributed by atoms with Crippen molar-refractivity contribution in [2.24, 2.45) is 0 Å². The quantitative estimate of drug-likeness (QED) is 0.0635. The van der Waals surface area contributed by atoms with Gasteiger partial charge in [-0.2, -0.15) is 0 Å². The van der Waals surface area contributed by atoms with Crippen molar-refractivity contribution >= 4 is 17.7 Å². The van der Waals surface area contributed by atoms with Crippen LogP contribution in [0.3, 0.4) is 0 Å². The fourth-order valence-electron chi connectivity index (χ4n) is 4.40. The number of amides is 1. The van der Waals surface area contributed by atoms with Gasteiger partial charge in [-0.1, -0.05) is 122 Å². The largest absolute Gasteiger partial charge is 0.463 e. The van der Waals surface area contributed by atoms with Crippen LogP contribution in [0.25, 0.3) is 0 Å². The Bertz CT molecular complexity index is 619. The molecule has 0 spiro atoms. The maximum Gasteiger partial charge on any atom is 0.306 e. The highest BCUT2D eigenvalue weighted by molar-refractivity contribution is 5.81. The van der Waals surface area contributed by atoms with E-state index < -0.39 is 18.1 Å². The van der Waals surface area contributed by atoms with E-state index in [9.17, 15) is 19.5 Å². The predicted octanol–water partition coefficient (Wildman–Crippen LogP) is 7.75. The van der Waals surface area contributed by atoms with E-state index in [1.54, 1.807) is 6.08 Å². The number of ether oxygens (including phenoxy) is 1. The zero-order valence-corrected chi connectivity index (χ0v) is 24.9. The van der Waals surface area contributed by atoms with Gasteiger partial charge in [0.1, 0.15) is 12.4 Å². The summed E-state index contributed by atoms with van der Waals surface area (Å²) < 4.78 is 5.27. The van der Waals surface area contributed by atoms with Crippen LogP contribution in [0, 0.1) is 0 Å². The van der Waals surface area contributed by atoms with Crippen LogP contribution in [0.2, 0.25) is 0 Å². The van der Waals surface area contributed by atoms with Crippen LogP contribution in [0.15, 0.2) is 12.2 Å². The Morgan fingerprint density at radius 2 is 1.21 bits per heavy atom. The summed E-state index contributed by atoms with van der Waals surface area (Å²) in [5, 5.41) is 13.5. The molecule has 0 heterocycles. The van der Waals surface area contributed by atoms with Gasteiger partial charge in [-0.15, -0.1) is 0 Å². The predicted molar refractivity (Wildman–Crippen MR) is 157 cm³/mol. The van der Waals surface area contributed by atoms with E-state index in [0.717, 1.165) is 32.1 Å². The summed E-state index contributed by atoms with van der Waals surface area (Å²) in [7, 11) is 0. The number of hydrogen-bond acceptors (Lipinski definition) is 5. The fourth-order valence-corrected chi connectivity index (χ4v) is 4.40. The second kappa shape index (κ2) is 26.9. The average Bonchev–Trinajstić information content (AvgIpc) is 2.89. The van der Waals surface area contributed by atoms with E-state index in [0.29, 0.717) is 6.42 Å². The van der Waals surface area contributed by atoms with Gasteiger partial charge in [0.05, 0.1) is 18.6 Å². The van der Waals surface area contributed by atoms with E-state index in [4.69, 9.17) is 4.74 Å². The Labute approximate surface area is 233 Å². The number of esters is 1. The molecule has 0 fully saturated rings. The van der Waals surface area contributed by atoms with E-state index in [2.05, 4.69) is 19.2 Å². The van der Waals surface area contributed by atoms with Gasteiger partial charge in [0.25, 0.3) is 0 Å². The van der Waals surface area contributed by atoms with Crippen molar-refractivity contribution < 1.29 is 24.2 Å². The van der Waals surface area contributed by atoms with Gasteiger partial charge < -0.3 is 20.0 Å². The molecule has 0 aliphatic rings. The molecule has 222 valence electrons. The lowest BCUT2D eigenvalue weighted by Gasteiger charge is -2.22. The summed E-state index contributed by atoms with van der Waals surface area (Å²) in [6, 6.07) is -0.697. The normalized spacial score (nSPS) is 12.9. The molecular weight excluding hydrogens is 478 g/mol. The van der Waals surface area contributed by atoms with Crippen LogP contribution >= 0.6 is 0 Å². The molecule has 6 nitrogen and oxygen atoms in total. The Hall–Kier alpha value is -1.69. The molecule has 0 rings (SSSR count). The van der Waals surface area contributed by atoms with Crippen LogP contribution in [0.5, 0.6) is 0 Å². The molecule has 38 heavy (non-hydrogen) atoms. The van der Waals surface area contributed by atoms with Crippen molar-refractivity contribution in [3.05, 3.63) is 12.2 Å². The number of rotatable bonds is 27. The molecule has 0 aromatic rings. The van der Waals surface area contributed by atoms with Crippen LogP contribution < -0.4 is 5.32 Å². The fraction of sp³-hybridized carbons (Fsp3) is 0.844. The minimum absolute atomic E-state index is 0.0125. The number of carbonyl (C=O) groups is 3. The van der Waals surface area contributed by atoms with Crippen molar-refractivity contribution in [3.8, 4) is 0 Å².